The molecular formula is C19H21F3N2O2. The van der Waals surface area contributed by atoms with Gasteiger partial charge < -0.3 is 15.4 Å². The van der Waals surface area contributed by atoms with E-state index in [0.717, 1.165) is 17.4 Å². The molecule has 0 aliphatic carbocycles. The number of benzene rings is 2. The van der Waals surface area contributed by atoms with Crippen LogP contribution in [0.2, 0.25) is 0 Å². The summed E-state index contributed by atoms with van der Waals surface area (Å²) in [4.78, 5) is 11.8. The van der Waals surface area contributed by atoms with Gasteiger partial charge in [0.15, 0.2) is 0 Å². The molecule has 26 heavy (non-hydrogen) atoms. The summed E-state index contributed by atoms with van der Waals surface area (Å²) in [5.41, 5.74) is -0.128. The van der Waals surface area contributed by atoms with E-state index in [4.69, 9.17) is 4.74 Å². The number of urea groups is 1. The standard InChI is InChI=1S/C19H21F3N2O2/c1-13(2)14-7-3-6-10-17(14)26-12-11-23-18(25)24-16-9-5-4-8-15(16)19(20,21)22/h3-10,13H,11-12H2,1-2H3,(H2,23,24,25). The zero-order valence-electron chi connectivity index (χ0n) is 14.6. The topological polar surface area (TPSA) is 50.4 Å². The maximum atomic E-state index is 12.9. The van der Waals surface area contributed by atoms with E-state index in [1.807, 2.05) is 38.1 Å². The number of alkyl halides is 3. The van der Waals surface area contributed by atoms with E-state index in [-0.39, 0.29) is 18.8 Å². The predicted octanol–water partition coefficient (Wildman–Crippen LogP) is 5.03. The lowest BCUT2D eigenvalue weighted by Gasteiger charge is -2.15. The normalized spacial score (nSPS) is 11.3. The van der Waals surface area contributed by atoms with Crippen LogP contribution in [0, 0.1) is 0 Å². The third-order valence-corrected chi connectivity index (χ3v) is 3.67. The Bertz CT molecular complexity index is 746. The number of para-hydroxylation sites is 2. The molecule has 0 saturated heterocycles. The van der Waals surface area contributed by atoms with Crippen LogP contribution in [0.15, 0.2) is 48.5 Å². The molecule has 0 heterocycles. The number of nitrogens with one attached hydrogen (secondary N) is 2. The summed E-state index contributed by atoms with van der Waals surface area (Å²) in [6.45, 7) is 4.46. The number of hydrogen-bond acceptors (Lipinski definition) is 2. The number of ether oxygens (including phenoxy) is 1. The van der Waals surface area contributed by atoms with Crippen LogP contribution in [0.1, 0.15) is 30.9 Å². The van der Waals surface area contributed by atoms with E-state index in [1.54, 1.807) is 0 Å². The van der Waals surface area contributed by atoms with Gasteiger partial charge in [-0.1, -0.05) is 44.2 Å². The van der Waals surface area contributed by atoms with Crippen LogP contribution in [0.3, 0.4) is 0 Å². The Labute approximate surface area is 150 Å². The van der Waals surface area contributed by atoms with Gasteiger partial charge in [0.1, 0.15) is 12.4 Å². The monoisotopic (exact) mass is 366 g/mol. The average Bonchev–Trinajstić information content (AvgIpc) is 2.58. The van der Waals surface area contributed by atoms with Gasteiger partial charge in [-0.05, 0) is 29.7 Å². The van der Waals surface area contributed by atoms with Crippen molar-refractivity contribution in [2.75, 3.05) is 18.5 Å². The molecule has 0 aliphatic rings. The number of anilines is 1. The third kappa shape index (κ3) is 5.40. The lowest BCUT2D eigenvalue weighted by molar-refractivity contribution is -0.136. The average molecular weight is 366 g/mol. The highest BCUT2D eigenvalue weighted by Gasteiger charge is 2.33. The minimum atomic E-state index is -4.53. The molecule has 2 N–H and O–H groups in total. The predicted molar refractivity (Wildman–Crippen MR) is 94.5 cm³/mol. The maximum Gasteiger partial charge on any atom is 0.418 e. The Morgan fingerprint density at radius 2 is 1.73 bits per heavy atom. The quantitative estimate of drug-likeness (QED) is 0.705. The Kier molecular flexibility index (Phi) is 6.49. The first-order chi connectivity index (χ1) is 12.3. The molecule has 0 aliphatic heterocycles. The lowest BCUT2D eigenvalue weighted by Crippen LogP contribution is -2.32. The molecule has 0 radical (unpaired) electrons. The molecule has 140 valence electrons. The summed E-state index contributed by atoms with van der Waals surface area (Å²) in [7, 11) is 0. The van der Waals surface area contributed by atoms with Crippen LogP contribution < -0.4 is 15.4 Å². The van der Waals surface area contributed by atoms with Crippen LogP contribution >= 0.6 is 0 Å². The first kappa shape index (κ1) is 19.6. The Hall–Kier alpha value is -2.70. The van der Waals surface area contributed by atoms with Crippen molar-refractivity contribution >= 4 is 11.7 Å². The molecule has 0 aromatic heterocycles. The molecule has 2 rings (SSSR count). The number of rotatable bonds is 6. The second-order valence-electron chi connectivity index (χ2n) is 5.97. The molecule has 4 nitrogen and oxygen atoms in total. The van der Waals surface area contributed by atoms with Gasteiger partial charge in [-0.25, -0.2) is 4.79 Å². The largest absolute Gasteiger partial charge is 0.491 e. The van der Waals surface area contributed by atoms with Crippen molar-refractivity contribution in [2.45, 2.75) is 25.9 Å². The van der Waals surface area contributed by atoms with E-state index in [2.05, 4.69) is 10.6 Å². The van der Waals surface area contributed by atoms with Crippen LogP contribution in [0.25, 0.3) is 0 Å². The van der Waals surface area contributed by atoms with Crippen LogP contribution in [-0.4, -0.2) is 19.2 Å². The highest BCUT2D eigenvalue weighted by molar-refractivity contribution is 5.90. The van der Waals surface area contributed by atoms with Gasteiger partial charge in [-0.2, -0.15) is 13.2 Å². The molecule has 0 spiro atoms. The molecule has 2 aromatic carbocycles. The minimum absolute atomic E-state index is 0.159. The molecule has 2 amide bonds. The molecule has 2 aromatic rings. The van der Waals surface area contributed by atoms with Crippen LogP contribution in [0.5, 0.6) is 5.75 Å². The molecule has 7 heteroatoms. The van der Waals surface area contributed by atoms with Crippen LogP contribution in [0.4, 0.5) is 23.7 Å². The highest BCUT2D eigenvalue weighted by Crippen LogP contribution is 2.34. The first-order valence-electron chi connectivity index (χ1n) is 8.22. The van der Waals surface area contributed by atoms with E-state index >= 15 is 0 Å². The van der Waals surface area contributed by atoms with Gasteiger partial charge in [0.25, 0.3) is 0 Å². The van der Waals surface area contributed by atoms with E-state index in [1.165, 1.54) is 18.2 Å². The van der Waals surface area contributed by atoms with Crippen molar-refractivity contribution in [3.63, 3.8) is 0 Å². The summed E-state index contributed by atoms with van der Waals surface area (Å²) in [5.74, 6) is 1.02. The Morgan fingerprint density at radius 1 is 1.08 bits per heavy atom. The fraction of sp³-hybridized carbons (Fsp3) is 0.316. The van der Waals surface area contributed by atoms with Gasteiger partial charge in [0.05, 0.1) is 17.8 Å². The summed E-state index contributed by atoms with van der Waals surface area (Å²) < 4.78 is 44.4. The van der Waals surface area contributed by atoms with Crippen molar-refractivity contribution in [3.05, 3.63) is 59.7 Å². The molecule has 0 fully saturated rings. The summed E-state index contributed by atoms with van der Waals surface area (Å²) >= 11 is 0. The smallest absolute Gasteiger partial charge is 0.418 e. The number of halogens is 3. The van der Waals surface area contributed by atoms with Crippen molar-refractivity contribution in [3.8, 4) is 5.75 Å². The Morgan fingerprint density at radius 3 is 2.42 bits per heavy atom. The van der Waals surface area contributed by atoms with Crippen molar-refractivity contribution < 1.29 is 22.7 Å². The second kappa shape index (κ2) is 8.60. The van der Waals surface area contributed by atoms with Crippen molar-refractivity contribution in [1.82, 2.24) is 5.32 Å². The number of carbonyl (C=O) groups excluding carboxylic acids is 1. The zero-order chi connectivity index (χ0) is 19.2. The molecule has 0 bridgehead atoms. The molecule has 0 saturated carbocycles. The number of carbonyl (C=O) groups is 1. The number of hydrogen-bond donors (Lipinski definition) is 2. The van der Waals surface area contributed by atoms with E-state index in [0.29, 0.717) is 5.92 Å². The highest BCUT2D eigenvalue weighted by atomic mass is 19.4. The first-order valence-corrected chi connectivity index (χ1v) is 8.22. The van der Waals surface area contributed by atoms with Gasteiger partial charge in [-0.15, -0.1) is 0 Å². The van der Waals surface area contributed by atoms with E-state index in [9.17, 15) is 18.0 Å². The molecular weight excluding hydrogens is 345 g/mol. The fourth-order valence-electron chi connectivity index (χ4n) is 2.42. The number of amides is 2. The van der Waals surface area contributed by atoms with Gasteiger partial charge >= 0.3 is 12.2 Å². The van der Waals surface area contributed by atoms with Gasteiger partial charge in [0, 0.05) is 0 Å². The molecule has 0 atom stereocenters. The second-order valence-corrected chi connectivity index (χ2v) is 5.97. The molecule has 0 unspecified atom stereocenters. The maximum absolute atomic E-state index is 12.9. The third-order valence-electron chi connectivity index (χ3n) is 3.67. The summed E-state index contributed by atoms with van der Waals surface area (Å²) in [6, 6.07) is 11.7. The van der Waals surface area contributed by atoms with Gasteiger partial charge in [0.2, 0.25) is 0 Å². The van der Waals surface area contributed by atoms with Gasteiger partial charge in [-0.3, -0.25) is 0 Å². The van der Waals surface area contributed by atoms with Crippen molar-refractivity contribution in [1.29, 1.82) is 0 Å². The van der Waals surface area contributed by atoms with E-state index < -0.39 is 17.8 Å². The fourth-order valence-corrected chi connectivity index (χ4v) is 2.42. The van der Waals surface area contributed by atoms with Crippen molar-refractivity contribution in [2.24, 2.45) is 0 Å². The SMILES string of the molecule is CC(C)c1ccccc1OCCNC(=O)Nc1ccccc1C(F)(F)F. The Balaban J connectivity index is 1.86. The summed E-state index contributed by atoms with van der Waals surface area (Å²) in [6.07, 6.45) is -4.53. The zero-order valence-corrected chi connectivity index (χ0v) is 14.6. The van der Waals surface area contributed by atoms with Crippen LogP contribution in [-0.2, 0) is 6.18 Å². The lowest BCUT2D eigenvalue weighted by atomic mass is 10.0. The minimum Gasteiger partial charge on any atom is -0.491 e. The summed E-state index contributed by atoms with van der Waals surface area (Å²) in [5, 5.41) is 4.71.